The molecule has 1 aliphatic heterocycles. The Morgan fingerprint density at radius 3 is 2.52 bits per heavy atom. The molecule has 0 saturated carbocycles. The van der Waals surface area contributed by atoms with E-state index in [-0.39, 0.29) is 24.2 Å². The van der Waals surface area contributed by atoms with Crippen molar-refractivity contribution in [2.45, 2.75) is 32.2 Å². The van der Waals surface area contributed by atoms with Crippen LogP contribution < -0.4 is 9.46 Å². The SMILES string of the molecule is CC(CNS(=O)(=O)CCOc1ccc(F)cc1)N1CCCCC1. The highest BCUT2D eigenvalue weighted by Gasteiger charge is 2.19. The number of nitrogens with one attached hydrogen (secondary N) is 1. The zero-order valence-electron chi connectivity index (χ0n) is 13.5. The second-order valence-corrected chi connectivity index (χ2v) is 7.84. The maximum Gasteiger partial charge on any atom is 0.215 e. The van der Waals surface area contributed by atoms with Crippen LogP contribution in [0.5, 0.6) is 5.75 Å². The zero-order chi connectivity index (χ0) is 16.7. The van der Waals surface area contributed by atoms with Crippen molar-refractivity contribution in [3.8, 4) is 5.75 Å². The fraction of sp³-hybridized carbons (Fsp3) is 0.625. The molecule has 1 aromatic rings. The van der Waals surface area contributed by atoms with Gasteiger partial charge in [0.1, 0.15) is 18.2 Å². The van der Waals surface area contributed by atoms with Crippen LogP contribution in [0, 0.1) is 5.82 Å². The standard InChI is InChI=1S/C16H25FN2O3S/c1-14(19-9-3-2-4-10-19)13-18-23(20,21)12-11-22-16-7-5-15(17)6-8-16/h5-8,14,18H,2-4,9-13H2,1H3. The predicted octanol–water partition coefficient (Wildman–Crippen LogP) is 2.00. The van der Waals surface area contributed by atoms with Gasteiger partial charge in [0.2, 0.25) is 10.0 Å². The summed E-state index contributed by atoms with van der Waals surface area (Å²) in [5.41, 5.74) is 0. The van der Waals surface area contributed by atoms with E-state index in [9.17, 15) is 12.8 Å². The van der Waals surface area contributed by atoms with Crippen molar-refractivity contribution < 1.29 is 17.5 Å². The molecule has 1 aliphatic rings. The molecule has 0 aromatic heterocycles. The van der Waals surface area contributed by atoms with Crippen LogP contribution >= 0.6 is 0 Å². The van der Waals surface area contributed by atoms with Crippen molar-refractivity contribution in [1.29, 1.82) is 0 Å². The van der Waals surface area contributed by atoms with Gasteiger partial charge >= 0.3 is 0 Å². The van der Waals surface area contributed by atoms with Crippen LogP contribution in [0.1, 0.15) is 26.2 Å². The second kappa shape index (κ2) is 8.61. The number of ether oxygens (including phenoxy) is 1. The number of halogens is 1. The van der Waals surface area contributed by atoms with Crippen LogP contribution in [0.2, 0.25) is 0 Å². The lowest BCUT2D eigenvalue weighted by molar-refractivity contribution is 0.175. The van der Waals surface area contributed by atoms with Gasteiger partial charge in [-0.15, -0.1) is 0 Å². The topological polar surface area (TPSA) is 58.6 Å². The Bertz CT molecular complexity index is 571. The molecule has 1 saturated heterocycles. The van der Waals surface area contributed by atoms with Crippen LogP contribution in [-0.4, -0.2) is 51.4 Å². The molecule has 0 radical (unpaired) electrons. The largest absolute Gasteiger partial charge is 0.492 e. The lowest BCUT2D eigenvalue weighted by Crippen LogP contribution is -2.45. The second-order valence-electron chi connectivity index (χ2n) is 5.92. The number of benzene rings is 1. The highest BCUT2D eigenvalue weighted by Crippen LogP contribution is 2.12. The van der Waals surface area contributed by atoms with E-state index in [1.807, 2.05) is 6.92 Å². The molecule has 2 rings (SSSR count). The minimum atomic E-state index is -3.37. The quantitative estimate of drug-likeness (QED) is 0.784. The fourth-order valence-corrected chi connectivity index (χ4v) is 3.55. The number of hydrogen-bond donors (Lipinski definition) is 1. The Hall–Kier alpha value is -1.18. The zero-order valence-corrected chi connectivity index (χ0v) is 14.3. The van der Waals surface area contributed by atoms with Gasteiger partial charge in [-0.25, -0.2) is 17.5 Å². The third kappa shape index (κ3) is 6.45. The normalized spacial score (nSPS) is 17.8. The Morgan fingerprint density at radius 2 is 1.87 bits per heavy atom. The van der Waals surface area contributed by atoms with Crippen molar-refractivity contribution in [3.05, 3.63) is 30.1 Å². The van der Waals surface area contributed by atoms with Crippen molar-refractivity contribution in [1.82, 2.24) is 9.62 Å². The molecule has 1 unspecified atom stereocenters. The lowest BCUT2D eigenvalue weighted by Gasteiger charge is -2.32. The van der Waals surface area contributed by atoms with Crippen LogP contribution in [0.4, 0.5) is 4.39 Å². The minimum Gasteiger partial charge on any atom is -0.492 e. The van der Waals surface area contributed by atoms with Crippen molar-refractivity contribution in [3.63, 3.8) is 0 Å². The maximum atomic E-state index is 12.8. The molecule has 130 valence electrons. The van der Waals surface area contributed by atoms with E-state index in [2.05, 4.69) is 9.62 Å². The van der Waals surface area contributed by atoms with E-state index in [0.717, 1.165) is 13.1 Å². The predicted molar refractivity (Wildman–Crippen MR) is 88.6 cm³/mol. The minimum absolute atomic E-state index is 0.0407. The molecule has 1 heterocycles. The van der Waals surface area contributed by atoms with E-state index in [1.54, 1.807) is 0 Å². The number of likely N-dealkylation sites (tertiary alicyclic amines) is 1. The number of rotatable bonds is 8. The molecule has 0 aliphatic carbocycles. The summed E-state index contributed by atoms with van der Waals surface area (Å²) in [5, 5.41) is 0. The van der Waals surface area contributed by atoms with Gasteiger partial charge in [-0.1, -0.05) is 6.42 Å². The fourth-order valence-electron chi connectivity index (χ4n) is 2.61. The van der Waals surface area contributed by atoms with Gasteiger partial charge in [-0.05, 0) is 57.1 Å². The molecule has 5 nitrogen and oxygen atoms in total. The Labute approximate surface area is 137 Å². The number of hydrogen-bond acceptors (Lipinski definition) is 4. The Kier molecular flexibility index (Phi) is 6.80. The van der Waals surface area contributed by atoms with E-state index in [0.29, 0.717) is 12.3 Å². The summed E-state index contributed by atoms with van der Waals surface area (Å²) in [6.07, 6.45) is 3.63. The van der Waals surface area contributed by atoms with Crippen LogP contribution in [-0.2, 0) is 10.0 Å². The van der Waals surface area contributed by atoms with Gasteiger partial charge in [0.25, 0.3) is 0 Å². The van der Waals surface area contributed by atoms with E-state index >= 15 is 0 Å². The molecule has 0 bridgehead atoms. The molecule has 23 heavy (non-hydrogen) atoms. The first-order valence-electron chi connectivity index (χ1n) is 8.06. The van der Waals surface area contributed by atoms with E-state index in [4.69, 9.17) is 4.74 Å². The molecule has 7 heteroatoms. The van der Waals surface area contributed by atoms with Crippen LogP contribution in [0.25, 0.3) is 0 Å². The summed E-state index contributed by atoms with van der Waals surface area (Å²) in [6, 6.07) is 5.72. The van der Waals surface area contributed by atoms with Gasteiger partial charge in [0.15, 0.2) is 0 Å². The van der Waals surface area contributed by atoms with Crippen molar-refractivity contribution in [2.75, 3.05) is 32.0 Å². The summed E-state index contributed by atoms with van der Waals surface area (Å²) in [5.74, 6) is -0.00138. The smallest absolute Gasteiger partial charge is 0.215 e. The molecule has 1 N–H and O–H groups in total. The van der Waals surface area contributed by atoms with Crippen LogP contribution in [0.15, 0.2) is 24.3 Å². The number of piperidine rings is 1. The molecule has 1 atom stereocenters. The average molecular weight is 344 g/mol. The summed E-state index contributed by atoms with van der Waals surface area (Å²) in [4.78, 5) is 2.32. The first kappa shape index (κ1) is 18.2. The molecule has 0 spiro atoms. The first-order chi connectivity index (χ1) is 11.0. The number of nitrogens with zero attached hydrogens (tertiary/aromatic N) is 1. The summed E-state index contributed by atoms with van der Waals surface area (Å²) in [6.45, 7) is 4.58. The lowest BCUT2D eigenvalue weighted by atomic mass is 10.1. The Balaban J connectivity index is 1.70. The molecule has 1 aromatic carbocycles. The van der Waals surface area contributed by atoms with Crippen molar-refractivity contribution >= 4 is 10.0 Å². The van der Waals surface area contributed by atoms with Gasteiger partial charge in [-0.3, -0.25) is 4.90 Å². The summed E-state index contributed by atoms with van der Waals surface area (Å²) in [7, 11) is -3.37. The monoisotopic (exact) mass is 344 g/mol. The average Bonchev–Trinajstić information content (AvgIpc) is 2.55. The highest BCUT2D eigenvalue weighted by molar-refractivity contribution is 7.89. The molecule has 1 fully saturated rings. The summed E-state index contributed by atoms with van der Waals surface area (Å²) >= 11 is 0. The van der Waals surface area contributed by atoms with Gasteiger partial charge < -0.3 is 4.74 Å². The Morgan fingerprint density at radius 1 is 1.22 bits per heavy atom. The molecule has 0 amide bonds. The van der Waals surface area contributed by atoms with Gasteiger partial charge in [0, 0.05) is 12.6 Å². The van der Waals surface area contributed by atoms with Gasteiger partial charge in [-0.2, -0.15) is 0 Å². The van der Waals surface area contributed by atoms with E-state index < -0.39 is 10.0 Å². The van der Waals surface area contributed by atoms with Crippen LogP contribution in [0.3, 0.4) is 0 Å². The van der Waals surface area contributed by atoms with Gasteiger partial charge in [0.05, 0.1) is 5.75 Å². The van der Waals surface area contributed by atoms with Crippen molar-refractivity contribution in [2.24, 2.45) is 0 Å². The highest BCUT2D eigenvalue weighted by atomic mass is 32.2. The molecular formula is C16H25FN2O3S. The maximum absolute atomic E-state index is 12.8. The third-order valence-corrected chi connectivity index (χ3v) is 5.36. The third-order valence-electron chi connectivity index (χ3n) is 4.05. The first-order valence-corrected chi connectivity index (χ1v) is 9.71. The number of sulfonamides is 1. The van der Waals surface area contributed by atoms with E-state index in [1.165, 1.54) is 43.5 Å². The molecular weight excluding hydrogens is 319 g/mol. The summed E-state index contributed by atoms with van der Waals surface area (Å²) < 4.78 is 44.7.